The third-order valence-electron chi connectivity index (χ3n) is 7.17. The van der Waals surface area contributed by atoms with Crippen molar-refractivity contribution in [3.05, 3.63) is 101 Å². The van der Waals surface area contributed by atoms with Crippen molar-refractivity contribution in [1.82, 2.24) is 5.32 Å². The zero-order chi connectivity index (χ0) is 27.8. The summed E-state index contributed by atoms with van der Waals surface area (Å²) in [6, 6.07) is 23.3. The second-order valence-electron chi connectivity index (χ2n) is 9.76. The van der Waals surface area contributed by atoms with Crippen molar-refractivity contribution in [2.24, 2.45) is 5.73 Å². The summed E-state index contributed by atoms with van der Waals surface area (Å²) in [6.45, 7) is 4.09. The predicted molar refractivity (Wildman–Crippen MR) is 152 cm³/mol. The Balaban J connectivity index is 1.58. The summed E-state index contributed by atoms with van der Waals surface area (Å²) >= 11 is 0. The first-order chi connectivity index (χ1) is 18.7. The monoisotopic (exact) mass is 520 g/mol. The summed E-state index contributed by atoms with van der Waals surface area (Å²) in [5.41, 5.74) is 8.69. The molecule has 0 spiro atoms. The van der Waals surface area contributed by atoms with Crippen LogP contribution in [0.2, 0.25) is 0 Å². The van der Waals surface area contributed by atoms with E-state index < -0.39 is 23.3 Å². The minimum atomic E-state index is -0.563. The minimum Gasteiger partial charge on any atom is -0.507 e. The number of aryl methyl sites for hydroxylation is 1. The van der Waals surface area contributed by atoms with Gasteiger partial charge in [0.2, 0.25) is 5.91 Å². The van der Waals surface area contributed by atoms with Gasteiger partial charge in [0.25, 0.3) is 5.91 Å². The van der Waals surface area contributed by atoms with Crippen LogP contribution >= 0.6 is 0 Å². The smallest absolute Gasteiger partial charge is 0.255 e. The van der Waals surface area contributed by atoms with E-state index in [1.807, 2.05) is 49.4 Å². The maximum absolute atomic E-state index is 13.3. The van der Waals surface area contributed by atoms with Gasteiger partial charge in [0.15, 0.2) is 11.5 Å². The number of phenolic OH excluding ortho intramolecular Hbond substituents is 3. The summed E-state index contributed by atoms with van der Waals surface area (Å²) in [4.78, 5) is 25.1. The Labute approximate surface area is 225 Å². The van der Waals surface area contributed by atoms with Gasteiger partial charge in [-0.05, 0) is 64.6 Å². The topological polar surface area (TPSA) is 133 Å². The fourth-order valence-corrected chi connectivity index (χ4v) is 5.11. The molecule has 196 valence electrons. The van der Waals surface area contributed by atoms with Crippen LogP contribution in [0.15, 0.2) is 78.9 Å². The fourth-order valence-electron chi connectivity index (χ4n) is 5.11. The Morgan fingerprint density at radius 1 is 0.846 bits per heavy atom. The lowest BCUT2D eigenvalue weighted by Crippen LogP contribution is -2.27. The van der Waals surface area contributed by atoms with Gasteiger partial charge in [0, 0.05) is 28.4 Å². The molecule has 5 aromatic rings. The molecule has 2 amide bonds. The number of benzene rings is 5. The molecule has 0 heterocycles. The number of fused-ring (bicyclic) bond motifs is 2. The van der Waals surface area contributed by atoms with Gasteiger partial charge in [0.1, 0.15) is 5.75 Å². The number of aromatic hydroxyl groups is 3. The summed E-state index contributed by atoms with van der Waals surface area (Å²) < 4.78 is 0. The molecule has 1 atom stereocenters. The number of hydrogen-bond acceptors (Lipinski definition) is 5. The van der Waals surface area contributed by atoms with Crippen LogP contribution in [0, 0.1) is 6.92 Å². The van der Waals surface area contributed by atoms with Crippen LogP contribution in [0.3, 0.4) is 0 Å². The van der Waals surface area contributed by atoms with E-state index in [0.717, 1.165) is 10.9 Å². The van der Waals surface area contributed by atoms with Crippen molar-refractivity contribution in [2.45, 2.75) is 19.8 Å². The number of carbonyl (C=O) groups excluding carboxylic acids is 2. The van der Waals surface area contributed by atoms with E-state index in [0.29, 0.717) is 39.6 Å². The van der Waals surface area contributed by atoms with Crippen LogP contribution in [0.5, 0.6) is 17.2 Å². The lowest BCUT2D eigenvalue weighted by atomic mass is 9.90. The average molecular weight is 521 g/mol. The van der Waals surface area contributed by atoms with Crippen LogP contribution in [0.1, 0.15) is 44.7 Å². The van der Waals surface area contributed by atoms with Crippen molar-refractivity contribution in [2.75, 3.05) is 6.54 Å². The van der Waals surface area contributed by atoms with E-state index in [-0.39, 0.29) is 22.6 Å². The molecule has 0 unspecified atom stereocenters. The van der Waals surface area contributed by atoms with E-state index >= 15 is 0 Å². The van der Waals surface area contributed by atoms with E-state index in [1.54, 1.807) is 37.3 Å². The molecule has 0 aliphatic heterocycles. The molecule has 5 rings (SSSR count). The van der Waals surface area contributed by atoms with Gasteiger partial charge in [-0.3, -0.25) is 9.59 Å². The number of nitrogens with one attached hydrogen (secondary N) is 1. The number of primary amides is 1. The molecule has 6 N–H and O–H groups in total. The summed E-state index contributed by atoms with van der Waals surface area (Å²) in [6.07, 6.45) is 0. The van der Waals surface area contributed by atoms with E-state index in [9.17, 15) is 24.9 Å². The van der Waals surface area contributed by atoms with Crippen LogP contribution in [0.4, 0.5) is 0 Å². The van der Waals surface area contributed by atoms with Crippen LogP contribution in [0.25, 0.3) is 32.7 Å². The van der Waals surface area contributed by atoms with Crippen molar-refractivity contribution < 1.29 is 24.9 Å². The molecule has 0 aliphatic carbocycles. The molecule has 0 fully saturated rings. The van der Waals surface area contributed by atoms with Gasteiger partial charge in [-0.25, -0.2) is 0 Å². The van der Waals surface area contributed by atoms with E-state index in [4.69, 9.17) is 5.73 Å². The molecule has 0 aromatic heterocycles. The Bertz CT molecular complexity index is 1760. The number of phenols is 3. The third-order valence-corrected chi connectivity index (χ3v) is 7.17. The van der Waals surface area contributed by atoms with Crippen molar-refractivity contribution in [1.29, 1.82) is 0 Å². The molecule has 0 radical (unpaired) electrons. The van der Waals surface area contributed by atoms with Crippen LogP contribution < -0.4 is 11.1 Å². The standard InChI is InChI=1S/C32H28N2O5/c1-17-13-24-25(29(36)27(17)21-11-12-22-20(14-21)9-6-10-23(22)31(33)38)15-26(35)30(37)28(24)32(39)34-16-18(2)19-7-4-3-5-8-19/h3-15,18,35-37H,16H2,1-2H3,(H2,33,38)(H,34,39)/t18-/m0/s1. The lowest BCUT2D eigenvalue weighted by Gasteiger charge is -2.18. The maximum Gasteiger partial charge on any atom is 0.255 e. The SMILES string of the molecule is Cc1cc2c(C(=O)NC[C@H](C)c3ccccc3)c(O)c(O)cc2c(O)c1-c1ccc2c(C(N)=O)cccc2c1. The third kappa shape index (κ3) is 4.59. The first kappa shape index (κ1) is 25.6. The Kier molecular flexibility index (Phi) is 6.58. The Morgan fingerprint density at radius 3 is 2.31 bits per heavy atom. The molecular formula is C32H28N2O5. The Morgan fingerprint density at radius 2 is 1.59 bits per heavy atom. The van der Waals surface area contributed by atoms with Gasteiger partial charge in [0.05, 0.1) is 5.56 Å². The Hall–Kier alpha value is -5.04. The number of rotatable bonds is 6. The molecule has 0 aliphatic rings. The zero-order valence-corrected chi connectivity index (χ0v) is 21.5. The first-order valence-electron chi connectivity index (χ1n) is 12.5. The molecule has 0 bridgehead atoms. The van der Waals surface area contributed by atoms with Crippen LogP contribution in [-0.2, 0) is 0 Å². The van der Waals surface area contributed by atoms with Crippen molar-refractivity contribution in [3.63, 3.8) is 0 Å². The fraction of sp³-hybridized carbons (Fsp3) is 0.125. The highest BCUT2D eigenvalue weighted by Crippen LogP contribution is 2.45. The summed E-state index contributed by atoms with van der Waals surface area (Å²) in [7, 11) is 0. The molecular weight excluding hydrogens is 492 g/mol. The first-order valence-corrected chi connectivity index (χ1v) is 12.5. The predicted octanol–water partition coefficient (Wildman–Crippen LogP) is 5.72. The average Bonchev–Trinajstić information content (AvgIpc) is 2.93. The number of nitrogens with two attached hydrogens (primary N) is 1. The number of hydrogen-bond donors (Lipinski definition) is 5. The highest BCUT2D eigenvalue weighted by molar-refractivity contribution is 6.14. The summed E-state index contributed by atoms with van der Waals surface area (Å²) in [5, 5.41) is 37.4. The second-order valence-corrected chi connectivity index (χ2v) is 9.76. The van der Waals surface area contributed by atoms with Gasteiger partial charge in [-0.2, -0.15) is 0 Å². The molecule has 7 heteroatoms. The normalized spacial score (nSPS) is 11.9. The lowest BCUT2D eigenvalue weighted by molar-refractivity contribution is 0.0948. The van der Waals surface area contributed by atoms with E-state index in [1.165, 1.54) is 6.07 Å². The van der Waals surface area contributed by atoms with Gasteiger partial charge in [-0.15, -0.1) is 0 Å². The minimum absolute atomic E-state index is 0.0191. The molecule has 5 aromatic carbocycles. The quantitative estimate of drug-likeness (QED) is 0.183. The molecule has 39 heavy (non-hydrogen) atoms. The zero-order valence-electron chi connectivity index (χ0n) is 21.5. The van der Waals surface area contributed by atoms with Crippen molar-refractivity contribution in [3.8, 4) is 28.4 Å². The largest absolute Gasteiger partial charge is 0.507 e. The summed E-state index contributed by atoms with van der Waals surface area (Å²) in [5.74, 6) is -2.28. The van der Waals surface area contributed by atoms with Gasteiger partial charge >= 0.3 is 0 Å². The molecule has 0 saturated heterocycles. The number of carbonyl (C=O) groups is 2. The number of amides is 2. The second kappa shape index (κ2) is 10.0. The highest BCUT2D eigenvalue weighted by atomic mass is 16.3. The van der Waals surface area contributed by atoms with Gasteiger partial charge in [-0.1, -0.05) is 61.5 Å². The molecule has 0 saturated carbocycles. The van der Waals surface area contributed by atoms with Crippen LogP contribution in [-0.4, -0.2) is 33.7 Å². The van der Waals surface area contributed by atoms with Gasteiger partial charge < -0.3 is 26.4 Å². The maximum atomic E-state index is 13.3. The highest BCUT2D eigenvalue weighted by Gasteiger charge is 2.24. The van der Waals surface area contributed by atoms with Crippen molar-refractivity contribution >= 4 is 33.4 Å². The molecule has 7 nitrogen and oxygen atoms in total. The van der Waals surface area contributed by atoms with E-state index in [2.05, 4.69) is 5.32 Å².